The Labute approximate surface area is 181 Å². The Bertz CT molecular complexity index is 993. The van der Waals surface area contributed by atoms with Crippen molar-refractivity contribution in [1.29, 1.82) is 0 Å². The molecule has 30 heavy (non-hydrogen) atoms. The van der Waals surface area contributed by atoms with Crippen LogP contribution in [0.5, 0.6) is 0 Å². The first-order chi connectivity index (χ1) is 14.0. The van der Waals surface area contributed by atoms with Gasteiger partial charge in [0.1, 0.15) is 6.04 Å². The minimum atomic E-state index is -0.955. The van der Waals surface area contributed by atoms with Gasteiger partial charge in [0.15, 0.2) is 0 Å². The lowest BCUT2D eigenvalue weighted by Crippen LogP contribution is -2.44. The monoisotopic (exact) mass is 428 g/mol. The molecule has 1 aromatic carbocycles. The van der Waals surface area contributed by atoms with Gasteiger partial charge in [-0.1, -0.05) is 6.08 Å². The second-order valence-electron chi connectivity index (χ2n) is 8.20. The number of amides is 2. The fourth-order valence-corrected chi connectivity index (χ4v) is 5.11. The molecule has 2 amide bonds. The van der Waals surface area contributed by atoms with Crippen LogP contribution in [-0.2, 0) is 14.3 Å². The molecule has 2 aliphatic heterocycles. The number of allylic oxidation sites excluding steroid dienone is 1. The Morgan fingerprint density at radius 2 is 1.93 bits per heavy atom. The van der Waals surface area contributed by atoms with Gasteiger partial charge >= 0.3 is 5.97 Å². The molecule has 1 unspecified atom stereocenters. The van der Waals surface area contributed by atoms with Gasteiger partial charge < -0.3 is 9.64 Å². The summed E-state index contributed by atoms with van der Waals surface area (Å²) in [5.41, 5.74) is 5.30. The van der Waals surface area contributed by atoms with Crippen LogP contribution in [-0.4, -0.2) is 47.3 Å². The highest BCUT2D eigenvalue weighted by atomic mass is 32.2. The van der Waals surface area contributed by atoms with Gasteiger partial charge in [0, 0.05) is 17.8 Å². The Morgan fingerprint density at radius 3 is 2.53 bits per heavy atom. The summed E-state index contributed by atoms with van der Waals surface area (Å²) in [7, 11) is 1.24. The lowest BCUT2D eigenvalue weighted by molar-refractivity contribution is -0.148. The van der Waals surface area contributed by atoms with Crippen LogP contribution in [0.4, 0.5) is 10.5 Å². The molecule has 1 aromatic rings. The van der Waals surface area contributed by atoms with Gasteiger partial charge in [-0.15, -0.1) is 0 Å². The number of nitrogens with zero attached hydrogens (tertiary/aromatic N) is 2. The number of esters is 1. The summed E-state index contributed by atoms with van der Waals surface area (Å²) in [5.74, 6) is -1.09. The zero-order valence-corrected chi connectivity index (χ0v) is 19.3. The minimum absolute atomic E-state index is 0.0769. The maximum atomic E-state index is 12.8. The van der Waals surface area contributed by atoms with Crippen molar-refractivity contribution in [3.63, 3.8) is 0 Å². The topological polar surface area (TPSA) is 66.9 Å². The van der Waals surface area contributed by atoms with E-state index in [1.54, 1.807) is 6.08 Å². The van der Waals surface area contributed by atoms with E-state index in [1.807, 2.05) is 6.92 Å². The van der Waals surface area contributed by atoms with Crippen LogP contribution in [0.1, 0.15) is 51.3 Å². The summed E-state index contributed by atoms with van der Waals surface area (Å²) in [4.78, 5) is 40.6. The number of benzene rings is 1. The number of aryl methyl sites for hydroxylation is 1. The minimum Gasteiger partial charge on any atom is -0.467 e. The molecule has 160 valence electrons. The molecule has 0 saturated carbocycles. The Balaban J connectivity index is 2.02. The number of ether oxygens (including phenoxy) is 1. The summed E-state index contributed by atoms with van der Waals surface area (Å²) >= 11 is 0.850. The number of likely N-dealkylation sites (N-methyl/N-ethyl adjacent to an activating group) is 1. The predicted molar refractivity (Wildman–Crippen MR) is 121 cm³/mol. The van der Waals surface area contributed by atoms with E-state index in [1.165, 1.54) is 25.3 Å². The summed E-state index contributed by atoms with van der Waals surface area (Å²) in [6, 6.07) is 3.26. The van der Waals surface area contributed by atoms with Gasteiger partial charge in [-0.25, -0.2) is 4.79 Å². The Kier molecular flexibility index (Phi) is 5.87. The van der Waals surface area contributed by atoms with Crippen molar-refractivity contribution in [1.82, 2.24) is 4.90 Å². The van der Waals surface area contributed by atoms with Crippen molar-refractivity contribution in [2.45, 2.75) is 53.1 Å². The first-order valence-corrected chi connectivity index (χ1v) is 10.8. The smallest absolute Gasteiger partial charge is 0.328 e. The van der Waals surface area contributed by atoms with Crippen LogP contribution < -0.4 is 4.90 Å². The molecule has 0 aromatic heterocycles. The molecule has 0 bridgehead atoms. The highest BCUT2D eigenvalue weighted by molar-refractivity contribution is 8.18. The third-order valence-corrected chi connectivity index (χ3v) is 6.61. The fourth-order valence-electron chi connectivity index (χ4n) is 4.21. The van der Waals surface area contributed by atoms with E-state index in [2.05, 4.69) is 55.5 Å². The van der Waals surface area contributed by atoms with Crippen LogP contribution in [0.25, 0.3) is 11.6 Å². The molecule has 0 spiro atoms. The molecular formula is C23H28N2O4S. The van der Waals surface area contributed by atoms with E-state index in [9.17, 15) is 14.4 Å². The highest BCUT2D eigenvalue weighted by Crippen LogP contribution is 2.41. The Hall–Kier alpha value is -2.54. The molecular weight excluding hydrogens is 400 g/mol. The van der Waals surface area contributed by atoms with Crippen molar-refractivity contribution < 1.29 is 19.1 Å². The van der Waals surface area contributed by atoms with Gasteiger partial charge in [-0.05, 0) is 88.2 Å². The molecule has 6 nitrogen and oxygen atoms in total. The van der Waals surface area contributed by atoms with Gasteiger partial charge in [-0.2, -0.15) is 0 Å². The van der Waals surface area contributed by atoms with E-state index in [4.69, 9.17) is 0 Å². The third kappa shape index (κ3) is 3.67. The van der Waals surface area contributed by atoms with Gasteiger partial charge in [0.05, 0.1) is 17.6 Å². The van der Waals surface area contributed by atoms with Gasteiger partial charge in [-0.3, -0.25) is 14.5 Å². The summed E-state index contributed by atoms with van der Waals surface area (Å²) in [6.07, 6.45) is 4.00. The van der Waals surface area contributed by atoms with Crippen LogP contribution in [0, 0.1) is 6.92 Å². The molecule has 0 N–H and O–H groups in total. The van der Waals surface area contributed by atoms with E-state index < -0.39 is 23.2 Å². The van der Waals surface area contributed by atoms with Gasteiger partial charge in [0.2, 0.25) is 0 Å². The normalized spacial score (nSPS) is 20.4. The number of thioether (sulfide) groups is 1. The fraction of sp³-hybridized carbons (Fsp3) is 0.435. The largest absolute Gasteiger partial charge is 0.467 e. The molecule has 2 aliphatic rings. The zero-order chi connectivity index (χ0) is 22.4. The second-order valence-corrected chi connectivity index (χ2v) is 9.20. The second kappa shape index (κ2) is 7.95. The van der Waals surface area contributed by atoms with Crippen molar-refractivity contribution in [2.75, 3.05) is 18.6 Å². The number of fused-ring (bicyclic) bond motifs is 1. The molecule has 0 radical (unpaired) electrons. The van der Waals surface area contributed by atoms with E-state index >= 15 is 0 Å². The SMILES string of the molecule is CCN1c2cc(C)c(/C=C3/SC(=O)N(C(C)C(=O)OC)C3=O)cc2C(C)=CC1(C)C. The lowest BCUT2D eigenvalue weighted by atomic mass is 9.87. The maximum absolute atomic E-state index is 12.8. The average Bonchev–Trinajstić information content (AvgIpc) is 2.94. The first kappa shape index (κ1) is 22.2. The number of hydrogen-bond acceptors (Lipinski definition) is 6. The van der Waals surface area contributed by atoms with Crippen LogP contribution >= 0.6 is 11.8 Å². The molecule has 2 heterocycles. The number of carbonyl (C=O) groups is 3. The van der Waals surface area contributed by atoms with Crippen LogP contribution in [0.2, 0.25) is 0 Å². The average molecular weight is 429 g/mol. The first-order valence-electron chi connectivity index (χ1n) is 9.98. The third-order valence-electron chi connectivity index (χ3n) is 5.72. The predicted octanol–water partition coefficient (Wildman–Crippen LogP) is 4.61. The van der Waals surface area contributed by atoms with Crippen molar-refractivity contribution in [3.8, 4) is 0 Å². The van der Waals surface area contributed by atoms with E-state index in [0.717, 1.165) is 39.9 Å². The van der Waals surface area contributed by atoms with E-state index in [0.29, 0.717) is 4.91 Å². The van der Waals surface area contributed by atoms with Crippen LogP contribution in [0.3, 0.4) is 0 Å². The standard InChI is InChI=1S/C23H28N2O4S/c1-8-24-18-9-13(2)16(10-17(18)14(3)12-23(24,5)6)11-19-20(26)25(22(28)30-19)15(4)21(27)29-7/h9-12,15H,8H2,1-7H3/b19-11+. The quantitative estimate of drug-likeness (QED) is 0.515. The van der Waals surface area contributed by atoms with Crippen LogP contribution in [0.15, 0.2) is 23.1 Å². The molecule has 1 atom stereocenters. The number of rotatable bonds is 4. The summed E-state index contributed by atoms with van der Waals surface area (Å²) < 4.78 is 4.68. The molecule has 7 heteroatoms. The highest BCUT2D eigenvalue weighted by Gasteiger charge is 2.41. The molecule has 1 saturated heterocycles. The van der Waals surface area contributed by atoms with Crippen molar-refractivity contribution in [2.24, 2.45) is 0 Å². The molecule has 1 fully saturated rings. The number of imide groups is 1. The number of hydrogen-bond donors (Lipinski definition) is 0. The van der Waals surface area contributed by atoms with Gasteiger partial charge in [0.25, 0.3) is 11.1 Å². The number of anilines is 1. The number of methoxy groups -OCH3 is 1. The lowest BCUT2D eigenvalue weighted by Gasteiger charge is -2.43. The maximum Gasteiger partial charge on any atom is 0.328 e. The number of carbonyl (C=O) groups excluding carboxylic acids is 3. The zero-order valence-electron chi connectivity index (χ0n) is 18.5. The van der Waals surface area contributed by atoms with Crippen molar-refractivity contribution in [3.05, 3.63) is 39.8 Å². The summed E-state index contributed by atoms with van der Waals surface area (Å²) in [5, 5.41) is -0.463. The van der Waals surface area contributed by atoms with Crippen molar-refractivity contribution >= 4 is 46.2 Å². The Morgan fingerprint density at radius 1 is 1.27 bits per heavy atom. The summed E-state index contributed by atoms with van der Waals surface area (Å²) in [6.45, 7) is 13.0. The molecule has 3 rings (SSSR count). The molecule has 0 aliphatic carbocycles. The van der Waals surface area contributed by atoms with E-state index in [-0.39, 0.29) is 5.54 Å².